The van der Waals surface area contributed by atoms with Crippen LogP contribution in [0.15, 0.2) is 46.0 Å². The molecule has 0 aliphatic heterocycles. The number of rotatable bonds is 5. The molecular formula is C13H13BrFN3O2S. The largest absolute Gasteiger partial charge is 0.316 e. The average Bonchev–Trinajstić information content (AvgIpc) is 2.44. The molecule has 0 fully saturated rings. The highest BCUT2D eigenvalue weighted by Crippen LogP contribution is 2.22. The molecule has 0 bridgehead atoms. The van der Waals surface area contributed by atoms with Crippen molar-refractivity contribution in [2.75, 3.05) is 11.8 Å². The van der Waals surface area contributed by atoms with Crippen molar-refractivity contribution < 1.29 is 12.8 Å². The van der Waals surface area contributed by atoms with E-state index in [1.807, 2.05) is 0 Å². The maximum Gasteiger partial charge on any atom is 0.279 e. The predicted molar refractivity (Wildman–Crippen MR) is 81.9 cm³/mol. The second-order valence-electron chi connectivity index (χ2n) is 4.26. The van der Waals surface area contributed by atoms with Crippen LogP contribution >= 0.6 is 15.9 Å². The monoisotopic (exact) mass is 373 g/mol. The number of aromatic nitrogens is 1. The van der Waals surface area contributed by atoms with Crippen molar-refractivity contribution in [3.05, 3.63) is 52.4 Å². The van der Waals surface area contributed by atoms with Gasteiger partial charge in [0.15, 0.2) is 5.03 Å². The minimum atomic E-state index is -3.93. The molecule has 0 saturated carbocycles. The van der Waals surface area contributed by atoms with Gasteiger partial charge in [-0.2, -0.15) is 8.42 Å². The summed E-state index contributed by atoms with van der Waals surface area (Å²) in [4.78, 5) is 3.89. The smallest absolute Gasteiger partial charge is 0.279 e. The summed E-state index contributed by atoms with van der Waals surface area (Å²) in [5.41, 5.74) is 0.718. The molecule has 0 radical (unpaired) electrons. The second kappa shape index (κ2) is 6.50. The lowest BCUT2D eigenvalue weighted by atomic mass is 10.3. The number of anilines is 1. The van der Waals surface area contributed by atoms with Crippen LogP contribution in [0, 0.1) is 5.82 Å². The van der Waals surface area contributed by atoms with E-state index in [1.165, 1.54) is 30.5 Å². The van der Waals surface area contributed by atoms with E-state index in [1.54, 1.807) is 13.1 Å². The number of pyridine rings is 1. The first-order valence-corrected chi connectivity index (χ1v) is 8.27. The van der Waals surface area contributed by atoms with Gasteiger partial charge in [-0.05, 0) is 36.9 Å². The zero-order valence-corrected chi connectivity index (χ0v) is 13.5. The summed E-state index contributed by atoms with van der Waals surface area (Å²) in [6, 6.07) is 7.03. The van der Waals surface area contributed by atoms with Crippen LogP contribution in [0.4, 0.5) is 10.1 Å². The third kappa shape index (κ3) is 3.99. The summed E-state index contributed by atoms with van der Waals surface area (Å²) >= 11 is 3.16. The summed E-state index contributed by atoms with van der Waals surface area (Å²) in [5.74, 6) is -0.659. The van der Waals surface area contributed by atoms with Crippen molar-refractivity contribution in [2.24, 2.45) is 0 Å². The summed E-state index contributed by atoms with van der Waals surface area (Å²) in [6.07, 6.45) is 1.46. The van der Waals surface area contributed by atoms with Crippen LogP contribution < -0.4 is 10.0 Å². The van der Waals surface area contributed by atoms with E-state index >= 15 is 0 Å². The van der Waals surface area contributed by atoms with Crippen LogP contribution in [0.25, 0.3) is 0 Å². The molecule has 0 aliphatic rings. The quantitative estimate of drug-likeness (QED) is 0.844. The highest BCUT2D eigenvalue weighted by Gasteiger charge is 2.17. The number of benzene rings is 1. The van der Waals surface area contributed by atoms with Gasteiger partial charge in [0.25, 0.3) is 10.0 Å². The Morgan fingerprint density at radius 2 is 2.05 bits per heavy atom. The maximum absolute atomic E-state index is 13.6. The molecule has 0 atom stereocenters. The number of hydrogen-bond donors (Lipinski definition) is 2. The number of hydrogen-bond acceptors (Lipinski definition) is 4. The van der Waals surface area contributed by atoms with Crippen LogP contribution in [0.2, 0.25) is 0 Å². The molecule has 21 heavy (non-hydrogen) atoms. The Morgan fingerprint density at radius 1 is 1.29 bits per heavy atom. The van der Waals surface area contributed by atoms with Gasteiger partial charge in [-0.15, -0.1) is 0 Å². The van der Waals surface area contributed by atoms with E-state index in [4.69, 9.17) is 0 Å². The minimum absolute atomic E-state index is 0.134. The third-order valence-electron chi connectivity index (χ3n) is 2.63. The molecule has 2 N–H and O–H groups in total. The van der Waals surface area contributed by atoms with Gasteiger partial charge in [-0.1, -0.05) is 22.0 Å². The van der Waals surface area contributed by atoms with Crippen molar-refractivity contribution in [3.8, 4) is 0 Å². The fourth-order valence-electron chi connectivity index (χ4n) is 1.65. The lowest BCUT2D eigenvalue weighted by Gasteiger charge is -2.09. The van der Waals surface area contributed by atoms with E-state index < -0.39 is 15.8 Å². The first-order valence-electron chi connectivity index (χ1n) is 6.00. The van der Waals surface area contributed by atoms with Crippen molar-refractivity contribution in [3.63, 3.8) is 0 Å². The lowest BCUT2D eigenvalue weighted by Crippen LogP contribution is -2.16. The normalized spacial score (nSPS) is 11.4. The molecule has 0 aliphatic carbocycles. The number of nitrogens with zero attached hydrogens (tertiary/aromatic N) is 1. The SMILES string of the molecule is CNCc1ccc(S(=O)(=O)Nc2cc(Br)ccc2F)nc1. The van der Waals surface area contributed by atoms with E-state index in [9.17, 15) is 12.8 Å². The molecule has 1 aromatic heterocycles. The highest BCUT2D eigenvalue weighted by molar-refractivity contribution is 9.10. The molecule has 5 nitrogen and oxygen atoms in total. The van der Waals surface area contributed by atoms with Crippen molar-refractivity contribution in [1.29, 1.82) is 0 Å². The van der Waals surface area contributed by atoms with Gasteiger partial charge in [0.2, 0.25) is 0 Å². The molecule has 0 saturated heterocycles. The van der Waals surface area contributed by atoms with Gasteiger partial charge >= 0.3 is 0 Å². The molecule has 2 rings (SSSR count). The van der Waals surface area contributed by atoms with Crippen molar-refractivity contribution in [1.82, 2.24) is 10.3 Å². The summed E-state index contributed by atoms with van der Waals surface area (Å²) in [7, 11) is -2.15. The Labute approximate surface area is 130 Å². The van der Waals surface area contributed by atoms with Gasteiger partial charge in [0, 0.05) is 17.2 Å². The second-order valence-corrected chi connectivity index (χ2v) is 6.81. The van der Waals surface area contributed by atoms with Gasteiger partial charge in [-0.3, -0.25) is 4.72 Å². The Hall–Kier alpha value is -1.51. The summed E-state index contributed by atoms with van der Waals surface area (Å²) in [5, 5.41) is 2.77. The average molecular weight is 374 g/mol. The Morgan fingerprint density at radius 3 is 2.67 bits per heavy atom. The first kappa shape index (κ1) is 15.9. The molecule has 2 aromatic rings. The minimum Gasteiger partial charge on any atom is -0.316 e. The fraction of sp³-hybridized carbons (Fsp3) is 0.154. The van der Waals surface area contributed by atoms with Crippen LogP contribution in [0.3, 0.4) is 0 Å². The Balaban J connectivity index is 2.27. The van der Waals surface area contributed by atoms with Crippen LogP contribution in [-0.2, 0) is 16.6 Å². The molecule has 0 spiro atoms. The van der Waals surface area contributed by atoms with Gasteiger partial charge in [-0.25, -0.2) is 9.37 Å². The zero-order chi connectivity index (χ0) is 15.5. The van der Waals surface area contributed by atoms with Crippen molar-refractivity contribution in [2.45, 2.75) is 11.6 Å². The Bertz CT molecular complexity index is 736. The van der Waals surface area contributed by atoms with Gasteiger partial charge in [0.1, 0.15) is 5.82 Å². The van der Waals surface area contributed by atoms with Crippen molar-refractivity contribution >= 4 is 31.6 Å². The molecule has 1 aromatic carbocycles. The summed E-state index contributed by atoms with van der Waals surface area (Å²) < 4.78 is 40.7. The highest BCUT2D eigenvalue weighted by atomic mass is 79.9. The van der Waals surface area contributed by atoms with E-state index in [-0.39, 0.29) is 10.7 Å². The summed E-state index contributed by atoms with van der Waals surface area (Å²) in [6.45, 7) is 0.584. The molecule has 112 valence electrons. The van der Waals surface area contributed by atoms with Crippen LogP contribution in [0.1, 0.15) is 5.56 Å². The van der Waals surface area contributed by atoms with E-state index in [0.717, 1.165) is 5.56 Å². The lowest BCUT2D eigenvalue weighted by molar-refractivity contribution is 0.595. The number of halogens is 2. The predicted octanol–water partition coefficient (Wildman–Crippen LogP) is 2.50. The molecular weight excluding hydrogens is 361 g/mol. The van der Waals surface area contributed by atoms with Crippen LogP contribution in [-0.4, -0.2) is 20.4 Å². The zero-order valence-electron chi connectivity index (χ0n) is 11.1. The number of sulfonamides is 1. The van der Waals surface area contributed by atoms with E-state index in [0.29, 0.717) is 11.0 Å². The fourth-order valence-corrected chi connectivity index (χ4v) is 3.00. The maximum atomic E-state index is 13.6. The number of nitrogens with one attached hydrogen (secondary N) is 2. The molecule has 0 amide bonds. The Kier molecular flexibility index (Phi) is 4.92. The molecule has 0 unspecified atom stereocenters. The molecule has 1 heterocycles. The van der Waals surface area contributed by atoms with Gasteiger partial charge < -0.3 is 5.32 Å². The first-order chi connectivity index (χ1) is 9.92. The van der Waals surface area contributed by atoms with E-state index in [2.05, 4.69) is 31.0 Å². The third-order valence-corrected chi connectivity index (χ3v) is 4.40. The van der Waals surface area contributed by atoms with Gasteiger partial charge in [0.05, 0.1) is 5.69 Å². The molecule has 8 heteroatoms. The topological polar surface area (TPSA) is 71.1 Å². The standard InChI is InChI=1S/C13H13BrFN3O2S/c1-16-7-9-2-5-13(17-8-9)21(19,20)18-12-6-10(14)3-4-11(12)15/h2-6,8,16,18H,7H2,1H3. The van der Waals surface area contributed by atoms with Crippen LogP contribution in [0.5, 0.6) is 0 Å².